The summed E-state index contributed by atoms with van der Waals surface area (Å²) in [7, 11) is 0. The summed E-state index contributed by atoms with van der Waals surface area (Å²) in [6.07, 6.45) is 1.06. The van der Waals surface area contributed by atoms with E-state index in [1.54, 1.807) is 0 Å². The average Bonchev–Trinajstić information content (AvgIpc) is 2.49. The fourth-order valence-electron chi connectivity index (χ4n) is 1.77. The zero-order chi connectivity index (χ0) is 17.6. The first kappa shape index (κ1) is 17.7. The molecule has 23 heavy (non-hydrogen) atoms. The topological polar surface area (TPSA) is 156 Å². The molecule has 0 atom stereocenters. The van der Waals surface area contributed by atoms with Gasteiger partial charge < -0.3 is 4.74 Å². The van der Waals surface area contributed by atoms with Crippen molar-refractivity contribution >= 4 is 23.0 Å². The molecule has 1 aromatic rings. The van der Waals surface area contributed by atoms with Crippen molar-refractivity contribution in [3.63, 3.8) is 0 Å². The summed E-state index contributed by atoms with van der Waals surface area (Å²) in [6.45, 7) is 3.11. The number of benzene rings is 1. The summed E-state index contributed by atoms with van der Waals surface area (Å²) < 4.78 is 4.68. The highest BCUT2D eigenvalue weighted by Crippen LogP contribution is 2.34. The van der Waals surface area contributed by atoms with Crippen LogP contribution in [0.4, 0.5) is 17.1 Å². The van der Waals surface area contributed by atoms with Gasteiger partial charge in [-0.05, 0) is 12.8 Å². The lowest BCUT2D eigenvalue weighted by Crippen LogP contribution is -2.05. The molecule has 1 rings (SSSR count). The van der Waals surface area contributed by atoms with Crippen LogP contribution >= 0.6 is 0 Å². The zero-order valence-corrected chi connectivity index (χ0v) is 11.7. The Morgan fingerprint density at radius 3 is 2.04 bits per heavy atom. The molecule has 0 saturated carbocycles. The number of nitro groups is 3. The van der Waals surface area contributed by atoms with Crippen LogP contribution in [0.2, 0.25) is 0 Å². The van der Waals surface area contributed by atoms with Gasteiger partial charge >= 0.3 is 17.3 Å². The minimum atomic E-state index is -1.05. The van der Waals surface area contributed by atoms with Gasteiger partial charge in [0.25, 0.3) is 5.69 Å². The number of carbonyl (C=O) groups excluding carboxylic acids is 1. The van der Waals surface area contributed by atoms with Gasteiger partial charge in [0.05, 0.1) is 21.4 Å². The number of aryl methyl sites for hydroxylation is 1. The highest BCUT2D eigenvalue weighted by atomic mass is 16.6. The molecule has 0 aromatic heterocycles. The molecule has 0 aliphatic heterocycles. The molecular weight excluding hydrogens is 314 g/mol. The molecule has 0 N–H and O–H groups in total. The summed E-state index contributed by atoms with van der Waals surface area (Å²) in [5, 5.41) is 32.6. The van der Waals surface area contributed by atoms with Crippen molar-refractivity contribution in [3.05, 3.63) is 60.7 Å². The van der Waals surface area contributed by atoms with Crippen LogP contribution < -0.4 is 0 Å². The van der Waals surface area contributed by atoms with Gasteiger partial charge in [0.2, 0.25) is 0 Å². The Balaban J connectivity index is 3.09. The zero-order valence-electron chi connectivity index (χ0n) is 11.7. The largest absolute Gasteiger partial charge is 0.463 e. The van der Waals surface area contributed by atoms with Crippen molar-refractivity contribution in [1.82, 2.24) is 0 Å². The van der Waals surface area contributed by atoms with Gasteiger partial charge in [0.15, 0.2) is 0 Å². The molecule has 0 spiro atoms. The Morgan fingerprint density at radius 2 is 1.57 bits per heavy atom. The maximum absolute atomic E-state index is 11.0. The third-order valence-corrected chi connectivity index (χ3v) is 2.77. The highest BCUT2D eigenvalue weighted by molar-refractivity contribution is 5.81. The van der Waals surface area contributed by atoms with E-state index in [1.807, 2.05) is 0 Å². The van der Waals surface area contributed by atoms with E-state index >= 15 is 0 Å². The first-order valence-electron chi connectivity index (χ1n) is 6.17. The summed E-state index contributed by atoms with van der Waals surface area (Å²) in [5.41, 5.74) is -2.44. The van der Waals surface area contributed by atoms with E-state index in [1.165, 1.54) is 0 Å². The number of carbonyl (C=O) groups is 1. The minimum Gasteiger partial charge on any atom is -0.463 e. The molecular formula is C12H11N3O8. The summed E-state index contributed by atoms with van der Waals surface area (Å²) in [5.74, 6) is -0.672. The second-order valence-corrected chi connectivity index (χ2v) is 4.22. The number of esters is 1. The van der Waals surface area contributed by atoms with Crippen LogP contribution in [0.3, 0.4) is 0 Å². The van der Waals surface area contributed by atoms with Crippen LogP contribution in [0.15, 0.2) is 24.8 Å². The quantitative estimate of drug-likeness (QED) is 0.231. The van der Waals surface area contributed by atoms with Crippen LogP contribution in [-0.2, 0) is 16.0 Å². The summed E-state index contributed by atoms with van der Waals surface area (Å²) in [6, 6.07) is 1.36. The fraction of sp³-hybridized carbons (Fsp3) is 0.250. The first-order chi connectivity index (χ1) is 10.8. The van der Waals surface area contributed by atoms with Crippen molar-refractivity contribution in [1.29, 1.82) is 0 Å². The number of nitro benzene ring substituents is 3. The van der Waals surface area contributed by atoms with Crippen molar-refractivity contribution in [2.24, 2.45) is 0 Å². The predicted molar refractivity (Wildman–Crippen MR) is 75.9 cm³/mol. The van der Waals surface area contributed by atoms with E-state index in [2.05, 4.69) is 11.3 Å². The van der Waals surface area contributed by atoms with Crippen LogP contribution in [0.1, 0.15) is 12.0 Å². The summed E-state index contributed by atoms with van der Waals surface area (Å²) >= 11 is 0. The van der Waals surface area contributed by atoms with E-state index in [4.69, 9.17) is 0 Å². The Bertz CT molecular complexity index is 685. The number of ether oxygens (including phenoxy) is 1. The van der Waals surface area contributed by atoms with Crippen molar-refractivity contribution in [2.75, 3.05) is 6.61 Å². The maximum Gasteiger partial charge on any atom is 0.352 e. The van der Waals surface area contributed by atoms with Crippen molar-refractivity contribution < 1.29 is 24.3 Å². The lowest BCUT2D eigenvalue weighted by atomic mass is 10.1. The SMILES string of the molecule is C=CC(=O)OCCCc1cc([N+](=O)[O-])c([N+](=O)[O-])cc1[N+](=O)[O-]. The first-order valence-corrected chi connectivity index (χ1v) is 6.17. The third-order valence-electron chi connectivity index (χ3n) is 2.77. The van der Waals surface area contributed by atoms with E-state index in [0.29, 0.717) is 6.07 Å². The van der Waals surface area contributed by atoms with E-state index in [0.717, 1.165) is 12.1 Å². The Kier molecular flexibility index (Phi) is 5.83. The molecule has 11 heteroatoms. The standard InChI is InChI=1S/C12H11N3O8/c1-2-12(16)23-5-3-4-8-6-10(14(19)20)11(15(21)22)7-9(8)13(17)18/h2,6-7H,1,3-5H2. The van der Waals surface area contributed by atoms with E-state index < -0.39 is 37.8 Å². The molecule has 0 saturated heterocycles. The van der Waals surface area contributed by atoms with Crippen molar-refractivity contribution in [2.45, 2.75) is 12.8 Å². The predicted octanol–water partition coefficient (Wildman–Crippen LogP) is 2.07. The van der Waals surface area contributed by atoms with Crippen LogP contribution in [-0.4, -0.2) is 27.3 Å². The maximum atomic E-state index is 11.0. The molecule has 1 aromatic carbocycles. The second kappa shape index (κ2) is 7.59. The van der Waals surface area contributed by atoms with Crippen LogP contribution in [0, 0.1) is 30.3 Å². The van der Waals surface area contributed by atoms with Gasteiger partial charge in [-0.2, -0.15) is 0 Å². The molecule has 0 radical (unpaired) electrons. The lowest BCUT2D eigenvalue weighted by Gasteiger charge is -2.04. The molecule has 0 amide bonds. The van der Waals surface area contributed by atoms with Gasteiger partial charge in [0, 0.05) is 17.7 Å². The van der Waals surface area contributed by atoms with Gasteiger partial charge in [-0.25, -0.2) is 4.79 Å². The van der Waals surface area contributed by atoms with E-state index in [9.17, 15) is 35.1 Å². The molecule has 0 aliphatic carbocycles. The molecule has 0 heterocycles. The molecule has 0 unspecified atom stereocenters. The monoisotopic (exact) mass is 325 g/mol. The lowest BCUT2D eigenvalue weighted by molar-refractivity contribution is -0.424. The van der Waals surface area contributed by atoms with E-state index in [-0.39, 0.29) is 25.0 Å². The fourth-order valence-corrected chi connectivity index (χ4v) is 1.77. The summed E-state index contributed by atoms with van der Waals surface area (Å²) in [4.78, 5) is 40.6. The van der Waals surface area contributed by atoms with Crippen molar-refractivity contribution in [3.8, 4) is 0 Å². The number of hydrogen-bond acceptors (Lipinski definition) is 8. The smallest absolute Gasteiger partial charge is 0.352 e. The average molecular weight is 325 g/mol. The number of nitrogens with zero attached hydrogens (tertiary/aromatic N) is 3. The molecule has 0 bridgehead atoms. The van der Waals surface area contributed by atoms with Gasteiger partial charge in [-0.3, -0.25) is 30.3 Å². The molecule has 11 nitrogen and oxygen atoms in total. The Hall–Kier alpha value is -3.37. The normalized spacial score (nSPS) is 9.91. The van der Waals surface area contributed by atoms with Gasteiger partial charge in [-0.1, -0.05) is 6.58 Å². The molecule has 0 fully saturated rings. The molecule has 0 aliphatic rings. The highest BCUT2D eigenvalue weighted by Gasteiger charge is 2.30. The Morgan fingerprint density at radius 1 is 1.04 bits per heavy atom. The number of rotatable bonds is 8. The van der Waals surface area contributed by atoms with Crippen LogP contribution in [0.25, 0.3) is 0 Å². The molecule has 122 valence electrons. The third kappa shape index (κ3) is 4.56. The van der Waals surface area contributed by atoms with Crippen LogP contribution in [0.5, 0.6) is 0 Å². The Labute approximate surface area is 128 Å². The van der Waals surface area contributed by atoms with Gasteiger partial charge in [0.1, 0.15) is 6.07 Å². The van der Waals surface area contributed by atoms with Gasteiger partial charge in [-0.15, -0.1) is 0 Å². The number of hydrogen-bond donors (Lipinski definition) is 0. The minimum absolute atomic E-state index is 0.0282. The second-order valence-electron chi connectivity index (χ2n) is 4.22.